The Morgan fingerprint density at radius 2 is 2.04 bits per heavy atom. The average molecular weight is 342 g/mol. The number of anilines is 1. The number of aromatic nitrogens is 2. The molecule has 2 aromatic carbocycles. The third-order valence-corrected chi connectivity index (χ3v) is 3.84. The number of rotatable bonds is 1. The number of nitrogens with zero attached hydrogens (tertiary/aromatic N) is 2. The molecule has 0 radical (unpaired) electrons. The van der Waals surface area contributed by atoms with Crippen molar-refractivity contribution in [3.05, 3.63) is 59.5 Å². The lowest BCUT2D eigenvalue weighted by molar-refractivity contribution is 0.0983. The maximum atomic E-state index is 11.5. The molecule has 0 bridgehead atoms. The minimum absolute atomic E-state index is 0.188. The van der Waals surface area contributed by atoms with Crippen LogP contribution in [0, 0.1) is 0 Å². The largest absolute Gasteiger partial charge is 0.497 e. The smallest absolute Gasteiger partial charge is 0.222 e. The van der Waals surface area contributed by atoms with Gasteiger partial charge in [-0.05, 0) is 35.9 Å². The lowest BCUT2D eigenvalue weighted by Gasteiger charge is -2.17. The second-order valence-corrected chi connectivity index (χ2v) is 5.55. The van der Waals surface area contributed by atoms with E-state index in [9.17, 15) is 4.79 Å². The van der Waals surface area contributed by atoms with E-state index in [0.717, 1.165) is 34.4 Å². The molecule has 5 nitrogen and oxygen atoms in total. The third kappa shape index (κ3) is 3.63. The quantitative estimate of drug-likeness (QED) is 0.678. The summed E-state index contributed by atoms with van der Waals surface area (Å²) < 4.78 is 5.05. The van der Waals surface area contributed by atoms with Gasteiger partial charge in [0.1, 0.15) is 5.75 Å². The number of fused-ring (bicyclic) bond motifs is 2. The zero-order valence-electron chi connectivity index (χ0n) is 13.1. The standard InChI is InChI=1S/C10H11NO2.C8H5ClN2/c1-13-7-2-3-9-8(6-7)10(12)4-5-11-9;9-8-10-5-6-3-1-2-4-7(6)11-8/h2-3,6,11H,4-5H2,1H3;1-5H. The molecule has 0 unspecified atom stereocenters. The number of hydrogen-bond acceptors (Lipinski definition) is 5. The van der Waals surface area contributed by atoms with E-state index >= 15 is 0 Å². The molecule has 122 valence electrons. The van der Waals surface area contributed by atoms with Crippen LogP contribution in [0.1, 0.15) is 16.8 Å². The van der Waals surface area contributed by atoms with Crippen molar-refractivity contribution < 1.29 is 9.53 Å². The number of ether oxygens (including phenoxy) is 1. The topological polar surface area (TPSA) is 64.1 Å². The number of carbonyl (C=O) groups is 1. The molecule has 0 saturated heterocycles. The highest BCUT2D eigenvalue weighted by atomic mass is 35.5. The minimum Gasteiger partial charge on any atom is -0.497 e. The van der Waals surface area contributed by atoms with Gasteiger partial charge in [-0.15, -0.1) is 0 Å². The van der Waals surface area contributed by atoms with E-state index in [1.807, 2.05) is 36.4 Å². The predicted octanol–water partition coefficient (Wildman–Crippen LogP) is 3.98. The minimum atomic E-state index is 0.188. The molecule has 1 aliphatic rings. The summed E-state index contributed by atoms with van der Waals surface area (Å²) >= 11 is 5.60. The molecule has 1 N–H and O–H groups in total. The van der Waals surface area contributed by atoms with Gasteiger partial charge in [0.05, 0.1) is 12.6 Å². The molecule has 24 heavy (non-hydrogen) atoms. The van der Waals surface area contributed by atoms with Crippen LogP contribution in [0.25, 0.3) is 10.9 Å². The molecular formula is C18H16ClN3O2. The van der Waals surface area contributed by atoms with Crippen molar-refractivity contribution >= 4 is 34.0 Å². The van der Waals surface area contributed by atoms with Gasteiger partial charge in [0, 0.05) is 35.8 Å². The fourth-order valence-corrected chi connectivity index (χ4v) is 2.57. The van der Waals surface area contributed by atoms with Crippen LogP contribution in [-0.2, 0) is 0 Å². The van der Waals surface area contributed by atoms with E-state index in [0.29, 0.717) is 11.7 Å². The maximum Gasteiger partial charge on any atom is 0.222 e. The first-order valence-corrected chi connectivity index (χ1v) is 7.87. The average Bonchev–Trinajstić information content (AvgIpc) is 2.62. The Morgan fingerprint density at radius 3 is 2.88 bits per heavy atom. The van der Waals surface area contributed by atoms with Gasteiger partial charge in [0.15, 0.2) is 5.78 Å². The number of carbonyl (C=O) groups excluding carboxylic acids is 1. The van der Waals surface area contributed by atoms with Crippen LogP contribution in [0.4, 0.5) is 5.69 Å². The van der Waals surface area contributed by atoms with Crippen LogP contribution in [0.3, 0.4) is 0 Å². The lowest BCUT2D eigenvalue weighted by Crippen LogP contribution is -2.17. The van der Waals surface area contributed by atoms with Crippen LogP contribution in [0.2, 0.25) is 5.28 Å². The van der Waals surface area contributed by atoms with E-state index < -0.39 is 0 Å². The van der Waals surface area contributed by atoms with Crippen molar-refractivity contribution in [1.82, 2.24) is 9.97 Å². The fourth-order valence-electron chi connectivity index (χ4n) is 2.43. The summed E-state index contributed by atoms with van der Waals surface area (Å²) in [5.74, 6) is 0.920. The highest BCUT2D eigenvalue weighted by molar-refractivity contribution is 6.28. The summed E-state index contributed by atoms with van der Waals surface area (Å²) in [5, 5.41) is 4.47. The normalized spacial score (nSPS) is 12.7. The number of hydrogen-bond donors (Lipinski definition) is 1. The number of nitrogens with one attached hydrogen (secondary N) is 1. The van der Waals surface area contributed by atoms with Crippen LogP contribution in [0.15, 0.2) is 48.7 Å². The SMILES string of the molecule is COc1ccc2c(c1)C(=O)CCN2.Clc1ncc2ccccc2n1. The molecule has 0 fully saturated rings. The van der Waals surface area contributed by atoms with Crippen molar-refractivity contribution in [1.29, 1.82) is 0 Å². The van der Waals surface area contributed by atoms with E-state index in [1.165, 1.54) is 0 Å². The number of benzene rings is 2. The van der Waals surface area contributed by atoms with Gasteiger partial charge in [-0.3, -0.25) is 4.79 Å². The molecule has 0 spiro atoms. The molecule has 0 atom stereocenters. The van der Waals surface area contributed by atoms with Crippen molar-refractivity contribution in [3.8, 4) is 5.75 Å². The van der Waals surface area contributed by atoms with Gasteiger partial charge >= 0.3 is 0 Å². The molecule has 1 aromatic heterocycles. The van der Waals surface area contributed by atoms with Gasteiger partial charge in [-0.25, -0.2) is 9.97 Å². The molecule has 0 amide bonds. The molecular weight excluding hydrogens is 326 g/mol. The highest BCUT2D eigenvalue weighted by Crippen LogP contribution is 2.25. The maximum absolute atomic E-state index is 11.5. The number of para-hydroxylation sites is 1. The van der Waals surface area contributed by atoms with E-state index in [2.05, 4.69) is 15.3 Å². The Morgan fingerprint density at radius 1 is 1.21 bits per heavy atom. The van der Waals surface area contributed by atoms with Crippen molar-refractivity contribution in [2.75, 3.05) is 19.0 Å². The second kappa shape index (κ2) is 7.27. The molecule has 4 rings (SSSR count). The van der Waals surface area contributed by atoms with Gasteiger partial charge in [0.2, 0.25) is 5.28 Å². The Bertz CT molecular complexity index is 883. The third-order valence-electron chi connectivity index (χ3n) is 3.65. The first-order valence-electron chi connectivity index (χ1n) is 7.50. The summed E-state index contributed by atoms with van der Waals surface area (Å²) in [7, 11) is 1.60. The molecule has 0 aliphatic carbocycles. The molecule has 6 heteroatoms. The number of halogens is 1. The van der Waals surface area contributed by atoms with E-state index in [1.54, 1.807) is 19.4 Å². The van der Waals surface area contributed by atoms with Gasteiger partial charge in [-0.1, -0.05) is 18.2 Å². The Balaban J connectivity index is 0.000000143. The van der Waals surface area contributed by atoms with Crippen LogP contribution >= 0.6 is 11.6 Å². The summed E-state index contributed by atoms with van der Waals surface area (Å²) in [6.45, 7) is 0.734. The summed E-state index contributed by atoms with van der Waals surface area (Å²) in [5.41, 5.74) is 2.54. The lowest BCUT2D eigenvalue weighted by atomic mass is 10.0. The van der Waals surface area contributed by atoms with Gasteiger partial charge in [0.25, 0.3) is 0 Å². The zero-order chi connectivity index (χ0) is 16.9. The van der Waals surface area contributed by atoms with E-state index in [4.69, 9.17) is 16.3 Å². The second-order valence-electron chi connectivity index (χ2n) is 5.21. The Hall–Kier alpha value is -2.66. The van der Waals surface area contributed by atoms with Crippen molar-refractivity contribution in [2.45, 2.75) is 6.42 Å². The van der Waals surface area contributed by atoms with Crippen LogP contribution in [-0.4, -0.2) is 29.4 Å². The van der Waals surface area contributed by atoms with E-state index in [-0.39, 0.29) is 5.78 Å². The van der Waals surface area contributed by atoms with Gasteiger partial charge < -0.3 is 10.1 Å². The number of methoxy groups -OCH3 is 1. The van der Waals surface area contributed by atoms with Gasteiger partial charge in [-0.2, -0.15) is 0 Å². The summed E-state index contributed by atoms with van der Waals surface area (Å²) in [4.78, 5) is 19.3. The van der Waals surface area contributed by atoms with Crippen molar-refractivity contribution in [2.24, 2.45) is 0 Å². The van der Waals surface area contributed by atoms with Crippen molar-refractivity contribution in [3.63, 3.8) is 0 Å². The molecule has 2 heterocycles. The zero-order valence-corrected chi connectivity index (χ0v) is 13.9. The Kier molecular flexibility index (Phi) is 4.91. The van der Waals surface area contributed by atoms with Crippen LogP contribution in [0.5, 0.6) is 5.75 Å². The number of Topliss-reactive ketones (excluding diaryl/α,β-unsaturated/α-hetero) is 1. The number of ketones is 1. The Labute approximate surface area is 144 Å². The summed E-state index contributed by atoms with van der Waals surface area (Å²) in [6.07, 6.45) is 2.28. The molecule has 3 aromatic rings. The fraction of sp³-hybridized carbons (Fsp3) is 0.167. The molecule has 0 saturated carbocycles. The summed E-state index contributed by atoms with van der Waals surface area (Å²) in [6, 6.07) is 13.2. The first-order chi connectivity index (χ1) is 11.7. The highest BCUT2D eigenvalue weighted by Gasteiger charge is 2.16. The monoisotopic (exact) mass is 341 g/mol. The predicted molar refractivity (Wildman–Crippen MR) is 95.0 cm³/mol. The van der Waals surface area contributed by atoms with Crippen LogP contribution < -0.4 is 10.1 Å². The molecule has 1 aliphatic heterocycles. The first kappa shape index (κ1) is 16.2.